The number of aliphatic hydroxyl groups is 1. The fourth-order valence-corrected chi connectivity index (χ4v) is 1.07. The number of rotatable bonds is 5. The molecule has 2 heteroatoms. The molecule has 0 spiro atoms. The molecule has 0 aliphatic rings. The monoisotopic (exact) mass is 155 g/mol. The second-order valence-electron chi connectivity index (χ2n) is 2.75. The molecule has 0 aromatic rings. The van der Waals surface area contributed by atoms with Crippen molar-refractivity contribution < 1.29 is 5.11 Å². The van der Waals surface area contributed by atoms with Crippen LogP contribution in [0.4, 0.5) is 0 Å². The molecule has 2 atom stereocenters. The molecule has 0 amide bonds. The maximum absolute atomic E-state index is 9.12. The minimum absolute atomic E-state index is 0.492. The fraction of sp³-hybridized carbons (Fsp3) is 0.778. The summed E-state index contributed by atoms with van der Waals surface area (Å²) >= 11 is 0. The first-order valence-corrected chi connectivity index (χ1v) is 4.03. The van der Waals surface area contributed by atoms with Crippen LogP contribution in [-0.2, 0) is 0 Å². The second kappa shape index (κ2) is 6.21. The van der Waals surface area contributed by atoms with Gasteiger partial charge in [0.25, 0.3) is 0 Å². The van der Waals surface area contributed by atoms with Gasteiger partial charge in [-0.25, -0.2) is 0 Å². The number of hydrogen-bond acceptors (Lipinski definition) is 2. The highest BCUT2D eigenvalue weighted by Gasteiger charge is 2.09. The van der Waals surface area contributed by atoms with Gasteiger partial charge in [-0.05, 0) is 25.9 Å². The average molecular weight is 155 g/mol. The summed E-state index contributed by atoms with van der Waals surface area (Å²) in [7, 11) is 1.91. The maximum Gasteiger partial charge on any atom is 0.114 e. The zero-order valence-corrected chi connectivity index (χ0v) is 7.30. The van der Waals surface area contributed by atoms with Crippen LogP contribution < -0.4 is 5.32 Å². The van der Waals surface area contributed by atoms with Crippen LogP contribution in [0.3, 0.4) is 0 Å². The van der Waals surface area contributed by atoms with Gasteiger partial charge in [0.2, 0.25) is 0 Å². The van der Waals surface area contributed by atoms with Crippen molar-refractivity contribution in [3.05, 3.63) is 0 Å². The van der Waals surface area contributed by atoms with Crippen molar-refractivity contribution in [1.82, 2.24) is 5.32 Å². The minimum Gasteiger partial charge on any atom is -0.380 e. The lowest BCUT2D eigenvalue weighted by Gasteiger charge is -2.14. The normalized spacial score (nSPS) is 15.5. The largest absolute Gasteiger partial charge is 0.380 e. The van der Waals surface area contributed by atoms with Crippen molar-refractivity contribution in [2.75, 3.05) is 13.6 Å². The van der Waals surface area contributed by atoms with Gasteiger partial charge in [0, 0.05) is 0 Å². The summed E-state index contributed by atoms with van der Waals surface area (Å²) in [5.41, 5.74) is 0. The summed E-state index contributed by atoms with van der Waals surface area (Å²) < 4.78 is 0. The van der Waals surface area contributed by atoms with Crippen LogP contribution in [0.5, 0.6) is 0 Å². The van der Waals surface area contributed by atoms with Gasteiger partial charge in [-0.1, -0.05) is 19.3 Å². The van der Waals surface area contributed by atoms with Gasteiger partial charge in [0.15, 0.2) is 0 Å². The highest BCUT2D eigenvalue weighted by atomic mass is 16.3. The minimum atomic E-state index is -0.576. The Labute approximate surface area is 69.0 Å². The van der Waals surface area contributed by atoms with E-state index in [4.69, 9.17) is 11.5 Å². The third kappa shape index (κ3) is 4.83. The fourth-order valence-electron chi connectivity index (χ4n) is 1.07. The van der Waals surface area contributed by atoms with E-state index in [1.807, 2.05) is 7.05 Å². The first-order chi connectivity index (χ1) is 5.24. The topological polar surface area (TPSA) is 32.3 Å². The number of hydrogen-bond donors (Lipinski definition) is 2. The van der Waals surface area contributed by atoms with Crippen LogP contribution in [-0.4, -0.2) is 24.8 Å². The number of aliphatic hydroxyl groups excluding tert-OH is 1. The van der Waals surface area contributed by atoms with Crippen LogP contribution in [0.1, 0.15) is 19.8 Å². The SMILES string of the molecule is C#CC(O)CC(CC)CNC. The third-order valence-electron chi connectivity index (χ3n) is 1.82. The highest BCUT2D eigenvalue weighted by molar-refractivity contribution is 4.94. The molecule has 0 radical (unpaired) electrons. The molecule has 0 heterocycles. The second-order valence-corrected chi connectivity index (χ2v) is 2.75. The Balaban J connectivity index is 3.60. The van der Waals surface area contributed by atoms with E-state index in [2.05, 4.69) is 18.2 Å². The standard InChI is InChI=1S/C9H17NO/c1-4-8(7-10-3)6-9(11)5-2/h2,8-11H,4,6-7H2,1,3H3. The summed E-state index contributed by atoms with van der Waals surface area (Å²) in [5.74, 6) is 2.81. The Morgan fingerprint density at radius 1 is 1.64 bits per heavy atom. The van der Waals surface area contributed by atoms with Crippen LogP contribution in [0.15, 0.2) is 0 Å². The Kier molecular flexibility index (Phi) is 5.91. The Hall–Kier alpha value is -0.520. The van der Waals surface area contributed by atoms with Gasteiger partial charge in [0.05, 0.1) is 0 Å². The average Bonchev–Trinajstić information content (AvgIpc) is 2.03. The molecule has 0 bridgehead atoms. The highest BCUT2D eigenvalue weighted by Crippen LogP contribution is 2.09. The predicted molar refractivity (Wildman–Crippen MR) is 47.2 cm³/mol. The van der Waals surface area contributed by atoms with Gasteiger partial charge in [-0.15, -0.1) is 6.42 Å². The van der Waals surface area contributed by atoms with E-state index < -0.39 is 6.10 Å². The molecule has 2 nitrogen and oxygen atoms in total. The maximum atomic E-state index is 9.12. The van der Waals surface area contributed by atoms with E-state index in [-0.39, 0.29) is 0 Å². The molecule has 0 saturated carbocycles. The predicted octanol–water partition coefficient (Wildman–Crippen LogP) is 0.616. The van der Waals surface area contributed by atoms with Crippen molar-refractivity contribution in [1.29, 1.82) is 0 Å². The summed E-state index contributed by atoms with van der Waals surface area (Å²) in [4.78, 5) is 0. The molecule has 0 rings (SSSR count). The molecule has 11 heavy (non-hydrogen) atoms. The molecule has 0 aromatic carbocycles. The van der Waals surface area contributed by atoms with Gasteiger partial charge in [-0.3, -0.25) is 0 Å². The Bertz CT molecular complexity index is 128. The zero-order valence-electron chi connectivity index (χ0n) is 7.30. The van der Waals surface area contributed by atoms with Crippen molar-refractivity contribution in [3.63, 3.8) is 0 Å². The van der Waals surface area contributed by atoms with Crippen molar-refractivity contribution in [3.8, 4) is 12.3 Å². The van der Waals surface area contributed by atoms with Gasteiger partial charge in [-0.2, -0.15) is 0 Å². The van der Waals surface area contributed by atoms with Gasteiger partial charge in [0.1, 0.15) is 6.10 Å². The van der Waals surface area contributed by atoms with E-state index in [1.165, 1.54) is 0 Å². The summed E-state index contributed by atoms with van der Waals surface area (Å²) in [6.45, 7) is 3.03. The molecule has 0 fully saturated rings. The molecule has 64 valence electrons. The van der Waals surface area contributed by atoms with Crippen LogP contribution in [0.2, 0.25) is 0 Å². The summed E-state index contributed by atoms with van der Waals surface area (Å²) in [6, 6.07) is 0. The molecule has 0 aliphatic heterocycles. The molecular weight excluding hydrogens is 138 g/mol. The van der Waals surface area contributed by atoms with Crippen LogP contribution in [0.25, 0.3) is 0 Å². The molecule has 0 aliphatic carbocycles. The first-order valence-electron chi connectivity index (χ1n) is 4.03. The summed E-state index contributed by atoms with van der Waals surface area (Å²) in [6.07, 6.45) is 6.23. The quantitative estimate of drug-likeness (QED) is 0.570. The first kappa shape index (κ1) is 10.5. The molecule has 2 N–H and O–H groups in total. The lowest BCUT2D eigenvalue weighted by Crippen LogP contribution is -2.22. The smallest absolute Gasteiger partial charge is 0.114 e. The van der Waals surface area contributed by atoms with E-state index in [0.717, 1.165) is 13.0 Å². The Morgan fingerprint density at radius 2 is 2.27 bits per heavy atom. The number of nitrogens with one attached hydrogen (secondary N) is 1. The number of terminal acetylenes is 1. The van der Waals surface area contributed by atoms with E-state index >= 15 is 0 Å². The van der Waals surface area contributed by atoms with Crippen molar-refractivity contribution in [2.24, 2.45) is 5.92 Å². The van der Waals surface area contributed by atoms with E-state index in [9.17, 15) is 0 Å². The zero-order chi connectivity index (χ0) is 8.69. The van der Waals surface area contributed by atoms with Gasteiger partial charge < -0.3 is 10.4 Å². The molecule has 0 saturated heterocycles. The van der Waals surface area contributed by atoms with Crippen LogP contribution >= 0.6 is 0 Å². The lowest BCUT2D eigenvalue weighted by molar-refractivity contribution is 0.193. The lowest BCUT2D eigenvalue weighted by atomic mass is 9.99. The van der Waals surface area contributed by atoms with E-state index in [1.54, 1.807) is 0 Å². The molecule has 0 aromatic heterocycles. The van der Waals surface area contributed by atoms with E-state index in [0.29, 0.717) is 12.3 Å². The Morgan fingerprint density at radius 3 is 2.64 bits per heavy atom. The van der Waals surface area contributed by atoms with Crippen molar-refractivity contribution >= 4 is 0 Å². The molecule has 2 unspecified atom stereocenters. The van der Waals surface area contributed by atoms with Gasteiger partial charge >= 0.3 is 0 Å². The molecular formula is C9H17NO. The third-order valence-corrected chi connectivity index (χ3v) is 1.82. The summed E-state index contributed by atoms with van der Waals surface area (Å²) in [5, 5.41) is 12.2. The van der Waals surface area contributed by atoms with Crippen LogP contribution in [0, 0.1) is 18.3 Å². The van der Waals surface area contributed by atoms with Crippen molar-refractivity contribution in [2.45, 2.75) is 25.9 Å².